The van der Waals surface area contributed by atoms with Crippen LogP contribution in [0.4, 0.5) is 5.69 Å². The van der Waals surface area contributed by atoms with Crippen LogP contribution in [0.3, 0.4) is 0 Å². The van der Waals surface area contributed by atoms with Gasteiger partial charge in [-0.2, -0.15) is 0 Å². The van der Waals surface area contributed by atoms with Crippen molar-refractivity contribution in [1.29, 1.82) is 0 Å². The van der Waals surface area contributed by atoms with Gasteiger partial charge in [0.2, 0.25) is 5.91 Å². The van der Waals surface area contributed by atoms with E-state index in [4.69, 9.17) is 5.11 Å². The number of rotatable bonds is 4. The second-order valence-corrected chi connectivity index (χ2v) is 5.56. The average Bonchev–Trinajstić information content (AvgIpc) is 2.83. The standard InChI is InChI=1S/C18H15NO4/c1-11(20)14-6-7-16-15(8-14)9-17(21)19(16)10-12-2-4-13(5-3-12)18(22)23/h2-8H,9-10H2,1H3,(H,22,23). The van der Waals surface area contributed by atoms with Crippen LogP contribution in [-0.4, -0.2) is 22.8 Å². The number of carboxylic acids is 1. The van der Waals surface area contributed by atoms with Crippen LogP contribution in [0.15, 0.2) is 42.5 Å². The highest BCUT2D eigenvalue weighted by atomic mass is 16.4. The molecule has 0 saturated carbocycles. The lowest BCUT2D eigenvalue weighted by Gasteiger charge is -2.18. The summed E-state index contributed by atoms with van der Waals surface area (Å²) in [6, 6.07) is 11.7. The van der Waals surface area contributed by atoms with E-state index in [2.05, 4.69) is 0 Å². The van der Waals surface area contributed by atoms with Crippen LogP contribution < -0.4 is 4.90 Å². The van der Waals surface area contributed by atoms with Gasteiger partial charge < -0.3 is 10.0 Å². The highest BCUT2D eigenvalue weighted by Gasteiger charge is 2.27. The topological polar surface area (TPSA) is 74.7 Å². The monoisotopic (exact) mass is 309 g/mol. The Labute approximate surface area is 133 Å². The van der Waals surface area contributed by atoms with Crippen molar-refractivity contribution in [2.75, 3.05) is 4.90 Å². The maximum Gasteiger partial charge on any atom is 0.335 e. The van der Waals surface area contributed by atoms with E-state index in [1.165, 1.54) is 19.1 Å². The number of aromatic carboxylic acids is 1. The lowest BCUT2D eigenvalue weighted by atomic mass is 10.1. The quantitative estimate of drug-likeness (QED) is 0.881. The van der Waals surface area contributed by atoms with E-state index in [1.807, 2.05) is 0 Å². The molecule has 0 bridgehead atoms. The molecule has 1 heterocycles. The first-order valence-electron chi connectivity index (χ1n) is 7.22. The zero-order chi connectivity index (χ0) is 16.6. The Balaban J connectivity index is 1.86. The van der Waals surface area contributed by atoms with E-state index in [0.29, 0.717) is 12.1 Å². The zero-order valence-corrected chi connectivity index (χ0v) is 12.6. The smallest absolute Gasteiger partial charge is 0.335 e. The summed E-state index contributed by atoms with van der Waals surface area (Å²) < 4.78 is 0. The number of fused-ring (bicyclic) bond motifs is 1. The molecule has 0 saturated heterocycles. The van der Waals surface area contributed by atoms with Gasteiger partial charge in [-0.15, -0.1) is 0 Å². The lowest BCUT2D eigenvalue weighted by molar-refractivity contribution is -0.117. The van der Waals surface area contributed by atoms with Crippen molar-refractivity contribution in [3.05, 3.63) is 64.7 Å². The normalized spacial score (nSPS) is 13.1. The number of carbonyl (C=O) groups is 3. The van der Waals surface area contributed by atoms with Crippen LogP contribution in [0.5, 0.6) is 0 Å². The van der Waals surface area contributed by atoms with Crippen molar-refractivity contribution in [1.82, 2.24) is 0 Å². The van der Waals surface area contributed by atoms with Gasteiger partial charge >= 0.3 is 5.97 Å². The molecule has 2 aromatic rings. The molecule has 0 radical (unpaired) electrons. The molecule has 0 atom stereocenters. The van der Waals surface area contributed by atoms with Gasteiger partial charge in [-0.05, 0) is 48.4 Å². The van der Waals surface area contributed by atoms with Gasteiger partial charge in [0.15, 0.2) is 5.78 Å². The number of amides is 1. The second kappa shape index (κ2) is 5.68. The molecular weight excluding hydrogens is 294 g/mol. The summed E-state index contributed by atoms with van der Waals surface area (Å²) in [5, 5.41) is 8.91. The number of hydrogen-bond donors (Lipinski definition) is 1. The molecule has 1 N–H and O–H groups in total. The van der Waals surface area contributed by atoms with E-state index >= 15 is 0 Å². The molecule has 1 amide bonds. The SMILES string of the molecule is CC(=O)c1ccc2c(c1)CC(=O)N2Cc1ccc(C(=O)O)cc1. The summed E-state index contributed by atoms with van der Waals surface area (Å²) in [6.07, 6.45) is 0.281. The van der Waals surface area contributed by atoms with Crippen LogP contribution in [0.1, 0.15) is 38.8 Å². The Hall–Kier alpha value is -2.95. The molecule has 5 heteroatoms. The second-order valence-electron chi connectivity index (χ2n) is 5.56. The van der Waals surface area contributed by atoms with Crippen molar-refractivity contribution < 1.29 is 19.5 Å². The van der Waals surface area contributed by atoms with Crippen molar-refractivity contribution in [3.63, 3.8) is 0 Å². The predicted octanol–water partition coefficient (Wildman–Crippen LogP) is 2.68. The fourth-order valence-corrected chi connectivity index (χ4v) is 2.71. The van der Waals surface area contributed by atoms with Crippen LogP contribution in [0, 0.1) is 0 Å². The van der Waals surface area contributed by atoms with Crippen molar-refractivity contribution in [2.24, 2.45) is 0 Å². The lowest BCUT2D eigenvalue weighted by Crippen LogP contribution is -2.26. The van der Waals surface area contributed by atoms with Crippen LogP contribution in [0.25, 0.3) is 0 Å². The van der Waals surface area contributed by atoms with Gasteiger partial charge in [-0.25, -0.2) is 4.79 Å². The molecule has 116 valence electrons. The largest absolute Gasteiger partial charge is 0.478 e. The number of hydrogen-bond acceptors (Lipinski definition) is 3. The summed E-state index contributed by atoms with van der Waals surface area (Å²) in [5.41, 5.74) is 3.33. The molecule has 0 aliphatic carbocycles. The van der Waals surface area contributed by atoms with E-state index in [-0.39, 0.29) is 23.7 Å². The summed E-state index contributed by atoms with van der Waals surface area (Å²) >= 11 is 0. The first-order valence-corrected chi connectivity index (χ1v) is 7.22. The zero-order valence-electron chi connectivity index (χ0n) is 12.6. The number of anilines is 1. The van der Waals surface area contributed by atoms with Crippen LogP contribution in [0.2, 0.25) is 0 Å². The average molecular weight is 309 g/mol. The molecule has 0 unspecified atom stereocenters. The van der Waals surface area contributed by atoms with E-state index in [1.54, 1.807) is 35.2 Å². The molecule has 0 spiro atoms. The predicted molar refractivity (Wildman–Crippen MR) is 84.7 cm³/mol. The highest BCUT2D eigenvalue weighted by Crippen LogP contribution is 2.31. The Kier molecular flexibility index (Phi) is 3.70. The summed E-state index contributed by atoms with van der Waals surface area (Å²) in [5.74, 6) is -1.03. The molecular formula is C18H15NO4. The number of ketones is 1. The molecule has 1 aliphatic rings. The Bertz CT molecular complexity index is 808. The third kappa shape index (κ3) is 2.85. The van der Waals surface area contributed by atoms with Crippen LogP contribution in [-0.2, 0) is 17.8 Å². The molecule has 5 nitrogen and oxygen atoms in total. The first kappa shape index (κ1) is 15.0. The van der Waals surface area contributed by atoms with Crippen molar-refractivity contribution in [3.8, 4) is 0 Å². The number of carbonyl (C=O) groups excluding carboxylic acids is 2. The Morgan fingerprint density at radius 1 is 1.09 bits per heavy atom. The number of benzene rings is 2. The van der Waals surface area contributed by atoms with Gasteiger partial charge in [0.1, 0.15) is 0 Å². The summed E-state index contributed by atoms with van der Waals surface area (Å²) in [6.45, 7) is 1.88. The molecule has 2 aromatic carbocycles. The van der Waals surface area contributed by atoms with Crippen molar-refractivity contribution in [2.45, 2.75) is 19.9 Å². The summed E-state index contributed by atoms with van der Waals surface area (Å²) in [4.78, 5) is 36.2. The molecule has 23 heavy (non-hydrogen) atoms. The minimum Gasteiger partial charge on any atom is -0.478 e. The van der Waals surface area contributed by atoms with E-state index in [0.717, 1.165) is 16.8 Å². The molecule has 1 aliphatic heterocycles. The Morgan fingerprint density at radius 2 is 1.74 bits per heavy atom. The summed E-state index contributed by atoms with van der Waals surface area (Å²) in [7, 11) is 0. The van der Waals surface area contributed by atoms with Crippen molar-refractivity contribution >= 4 is 23.3 Å². The van der Waals surface area contributed by atoms with Gasteiger partial charge in [-0.1, -0.05) is 12.1 Å². The fourth-order valence-electron chi connectivity index (χ4n) is 2.71. The molecule has 3 rings (SSSR count). The maximum atomic E-state index is 12.2. The van der Waals surface area contributed by atoms with Gasteiger partial charge in [0.05, 0.1) is 18.5 Å². The molecule has 0 fully saturated rings. The number of carboxylic acid groups (broad SMARTS) is 1. The van der Waals surface area contributed by atoms with Gasteiger partial charge in [-0.3, -0.25) is 9.59 Å². The molecule has 0 aromatic heterocycles. The van der Waals surface area contributed by atoms with Crippen LogP contribution >= 0.6 is 0 Å². The third-order valence-electron chi connectivity index (χ3n) is 3.96. The minimum absolute atomic E-state index is 0.0250. The van der Waals surface area contributed by atoms with Gasteiger partial charge in [0.25, 0.3) is 0 Å². The van der Waals surface area contributed by atoms with E-state index < -0.39 is 5.97 Å². The minimum atomic E-state index is -0.976. The van der Waals surface area contributed by atoms with E-state index in [9.17, 15) is 14.4 Å². The fraction of sp³-hybridized carbons (Fsp3) is 0.167. The third-order valence-corrected chi connectivity index (χ3v) is 3.96. The number of nitrogens with zero attached hydrogens (tertiary/aromatic N) is 1. The maximum absolute atomic E-state index is 12.2. The number of Topliss-reactive ketones (excluding diaryl/α,β-unsaturated/α-hetero) is 1. The first-order chi connectivity index (χ1) is 11.0. The Morgan fingerprint density at radius 3 is 2.35 bits per heavy atom. The van der Waals surface area contributed by atoms with Gasteiger partial charge in [0, 0.05) is 11.3 Å². The highest BCUT2D eigenvalue weighted by molar-refractivity contribution is 6.03.